The molecule has 9 heteroatoms. The Hall–Kier alpha value is -3.85. The van der Waals surface area contributed by atoms with Gasteiger partial charge in [-0.05, 0) is 36.8 Å². The van der Waals surface area contributed by atoms with Crippen molar-refractivity contribution in [3.05, 3.63) is 96.1 Å². The maximum Gasteiger partial charge on any atom is 0.277 e. The monoisotopic (exact) mass is 491 g/mol. The molecule has 2 heterocycles. The van der Waals surface area contributed by atoms with Crippen LogP contribution < -0.4 is 14.4 Å². The second-order valence-electron chi connectivity index (χ2n) is 7.85. The highest BCUT2D eigenvalue weighted by Crippen LogP contribution is 2.40. The SMILES string of the molecule is C[C@H](Oc1ccccc1F)c1nnc(SCC(=O)N2c3ccccc3OC[C@H]2c2ccccc2)o1. The van der Waals surface area contributed by atoms with E-state index >= 15 is 0 Å². The van der Waals surface area contributed by atoms with Gasteiger partial charge in [-0.1, -0.05) is 66.4 Å². The highest BCUT2D eigenvalue weighted by Gasteiger charge is 2.33. The van der Waals surface area contributed by atoms with E-state index in [2.05, 4.69) is 10.2 Å². The summed E-state index contributed by atoms with van der Waals surface area (Å²) in [6.45, 7) is 2.04. The van der Waals surface area contributed by atoms with Crippen LogP contribution in [0, 0.1) is 5.82 Å². The molecule has 4 aromatic rings. The molecule has 0 radical (unpaired) electrons. The number of anilines is 1. The average molecular weight is 492 g/mol. The summed E-state index contributed by atoms with van der Waals surface area (Å²) in [5.41, 5.74) is 1.70. The lowest BCUT2D eigenvalue weighted by atomic mass is 10.0. The Morgan fingerprint density at radius 2 is 1.83 bits per heavy atom. The van der Waals surface area contributed by atoms with E-state index in [0.29, 0.717) is 12.4 Å². The van der Waals surface area contributed by atoms with E-state index in [0.717, 1.165) is 23.0 Å². The predicted octanol–water partition coefficient (Wildman–Crippen LogP) is 5.61. The minimum absolute atomic E-state index is 0.0852. The Balaban J connectivity index is 1.29. The molecule has 1 aromatic heterocycles. The van der Waals surface area contributed by atoms with Gasteiger partial charge in [-0.3, -0.25) is 9.69 Å². The largest absolute Gasteiger partial charge is 0.489 e. The Morgan fingerprint density at radius 1 is 1.09 bits per heavy atom. The van der Waals surface area contributed by atoms with Crippen LogP contribution in [0.25, 0.3) is 0 Å². The van der Waals surface area contributed by atoms with Crippen molar-refractivity contribution in [2.45, 2.75) is 24.3 Å². The van der Waals surface area contributed by atoms with Gasteiger partial charge in [0.25, 0.3) is 11.1 Å². The lowest BCUT2D eigenvalue weighted by Gasteiger charge is -2.37. The van der Waals surface area contributed by atoms with E-state index in [4.69, 9.17) is 13.9 Å². The number of thioether (sulfide) groups is 1. The smallest absolute Gasteiger partial charge is 0.277 e. The quantitative estimate of drug-likeness (QED) is 0.311. The number of hydrogen-bond donors (Lipinski definition) is 0. The summed E-state index contributed by atoms with van der Waals surface area (Å²) in [5, 5.41) is 8.25. The second-order valence-corrected chi connectivity index (χ2v) is 8.78. The van der Waals surface area contributed by atoms with Gasteiger partial charge in [0, 0.05) is 0 Å². The first kappa shape index (κ1) is 22.9. The van der Waals surface area contributed by atoms with Crippen LogP contribution in [-0.4, -0.2) is 28.5 Å². The van der Waals surface area contributed by atoms with Gasteiger partial charge in [0.1, 0.15) is 12.4 Å². The fraction of sp³-hybridized carbons (Fsp3) is 0.192. The van der Waals surface area contributed by atoms with Crippen molar-refractivity contribution in [1.82, 2.24) is 10.2 Å². The number of hydrogen-bond acceptors (Lipinski definition) is 7. The molecular formula is C26H22FN3O4S. The number of nitrogens with zero attached hydrogens (tertiary/aromatic N) is 3. The van der Waals surface area contributed by atoms with E-state index in [1.807, 2.05) is 54.6 Å². The third-order valence-corrected chi connectivity index (χ3v) is 6.32. The Morgan fingerprint density at radius 3 is 2.66 bits per heavy atom. The molecule has 178 valence electrons. The van der Waals surface area contributed by atoms with E-state index in [-0.39, 0.29) is 34.6 Å². The number of carbonyl (C=O) groups is 1. The van der Waals surface area contributed by atoms with Gasteiger partial charge < -0.3 is 13.9 Å². The Bertz CT molecular complexity index is 1320. The van der Waals surface area contributed by atoms with Crippen LogP contribution in [0.2, 0.25) is 0 Å². The maximum absolute atomic E-state index is 13.9. The topological polar surface area (TPSA) is 77.7 Å². The molecule has 35 heavy (non-hydrogen) atoms. The number of carbonyl (C=O) groups excluding carboxylic acids is 1. The molecule has 1 aliphatic rings. The number of fused-ring (bicyclic) bond motifs is 1. The first-order valence-electron chi connectivity index (χ1n) is 11.1. The molecule has 5 rings (SSSR count). The molecule has 1 amide bonds. The van der Waals surface area contributed by atoms with Crippen molar-refractivity contribution in [2.24, 2.45) is 0 Å². The van der Waals surface area contributed by atoms with Crippen LogP contribution >= 0.6 is 11.8 Å². The molecule has 2 atom stereocenters. The van der Waals surface area contributed by atoms with Gasteiger partial charge >= 0.3 is 0 Å². The molecule has 0 unspecified atom stereocenters. The van der Waals surface area contributed by atoms with Gasteiger partial charge in [-0.2, -0.15) is 0 Å². The van der Waals surface area contributed by atoms with Crippen LogP contribution in [0.5, 0.6) is 11.5 Å². The van der Waals surface area contributed by atoms with Crippen molar-refractivity contribution in [3.8, 4) is 11.5 Å². The van der Waals surface area contributed by atoms with Crippen LogP contribution in [0.1, 0.15) is 30.5 Å². The summed E-state index contributed by atoms with van der Waals surface area (Å²) >= 11 is 1.14. The van der Waals surface area contributed by atoms with Gasteiger partial charge in [-0.25, -0.2) is 4.39 Å². The van der Waals surface area contributed by atoms with Crippen molar-refractivity contribution >= 4 is 23.4 Å². The van der Waals surface area contributed by atoms with Crippen molar-refractivity contribution < 1.29 is 23.1 Å². The average Bonchev–Trinajstić information content (AvgIpc) is 3.38. The minimum Gasteiger partial charge on any atom is -0.489 e. The molecule has 1 aliphatic heterocycles. The fourth-order valence-corrected chi connectivity index (χ4v) is 4.46. The molecule has 7 nitrogen and oxygen atoms in total. The highest BCUT2D eigenvalue weighted by molar-refractivity contribution is 7.99. The minimum atomic E-state index is -0.655. The van der Waals surface area contributed by atoms with Crippen LogP contribution in [0.3, 0.4) is 0 Å². The van der Waals surface area contributed by atoms with Crippen molar-refractivity contribution in [1.29, 1.82) is 0 Å². The first-order chi connectivity index (χ1) is 17.1. The number of ether oxygens (including phenoxy) is 2. The van der Waals surface area contributed by atoms with Gasteiger partial charge in [-0.15, -0.1) is 10.2 Å². The molecule has 0 bridgehead atoms. The molecule has 0 saturated heterocycles. The number of aromatic nitrogens is 2. The zero-order chi connectivity index (χ0) is 24.2. The number of benzene rings is 3. The lowest BCUT2D eigenvalue weighted by molar-refractivity contribution is -0.117. The number of halogens is 1. The van der Waals surface area contributed by atoms with Crippen LogP contribution in [0.4, 0.5) is 10.1 Å². The summed E-state index contributed by atoms with van der Waals surface area (Å²) < 4.78 is 31.1. The molecule has 0 fully saturated rings. The van der Waals surface area contributed by atoms with E-state index in [9.17, 15) is 9.18 Å². The zero-order valence-corrected chi connectivity index (χ0v) is 19.7. The molecule has 0 saturated carbocycles. The molecular weight excluding hydrogens is 469 g/mol. The highest BCUT2D eigenvalue weighted by atomic mass is 32.2. The Labute approximate surface area is 205 Å². The summed E-state index contributed by atoms with van der Waals surface area (Å²) in [4.78, 5) is 15.2. The van der Waals surface area contributed by atoms with Crippen molar-refractivity contribution in [2.75, 3.05) is 17.3 Å². The lowest BCUT2D eigenvalue weighted by Crippen LogP contribution is -2.42. The number of rotatable bonds is 7. The third kappa shape index (κ3) is 5.00. The van der Waals surface area contributed by atoms with Crippen LogP contribution in [-0.2, 0) is 4.79 Å². The second kappa shape index (κ2) is 10.2. The van der Waals surface area contributed by atoms with E-state index in [1.165, 1.54) is 12.1 Å². The fourth-order valence-electron chi connectivity index (χ4n) is 3.84. The summed E-state index contributed by atoms with van der Waals surface area (Å²) in [5.74, 6) is 0.453. The normalized spacial score (nSPS) is 15.7. The van der Waals surface area contributed by atoms with Crippen LogP contribution in [0.15, 0.2) is 88.5 Å². The molecule has 0 spiro atoms. The summed E-state index contributed by atoms with van der Waals surface area (Å²) in [6.07, 6.45) is -0.655. The zero-order valence-electron chi connectivity index (χ0n) is 18.8. The van der Waals surface area contributed by atoms with Gasteiger partial charge in [0.2, 0.25) is 5.91 Å². The maximum atomic E-state index is 13.9. The standard InChI is InChI=1S/C26H22FN3O4S/c1-17(33-22-13-7-5-11-19(22)27)25-28-29-26(34-25)35-16-24(31)30-20-12-6-8-14-23(20)32-15-21(30)18-9-3-2-4-10-18/h2-14,17,21H,15-16H2,1H3/t17-,21-/m0/s1. The van der Waals surface area contributed by atoms with Crippen molar-refractivity contribution in [3.63, 3.8) is 0 Å². The Kier molecular flexibility index (Phi) is 6.67. The summed E-state index contributed by atoms with van der Waals surface area (Å²) in [6, 6.07) is 23.1. The van der Waals surface area contributed by atoms with E-state index < -0.39 is 11.9 Å². The first-order valence-corrected chi connectivity index (χ1v) is 12.0. The van der Waals surface area contributed by atoms with E-state index in [1.54, 1.807) is 24.0 Å². The summed E-state index contributed by atoms with van der Waals surface area (Å²) in [7, 11) is 0. The van der Waals surface area contributed by atoms with Gasteiger partial charge in [0.15, 0.2) is 17.7 Å². The molecule has 3 aromatic carbocycles. The number of amides is 1. The molecule has 0 aliphatic carbocycles. The predicted molar refractivity (Wildman–Crippen MR) is 129 cm³/mol. The number of para-hydroxylation sites is 3. The third-order valence-electron chi connectivity index (χ3n) is 5.52. The van der Waals surface area contributed by atoms with Gasteiger partial charge in [0.05, 0.1) is 17.5 Å². The molecule has 0 N–H and O–H groups in total.